The summed E-state index contributed by atoms with van der Waals surface area (Å²) in [4.78, 5) is 7.80. The van der Waals surface area contributed by atoms with Gasteiger partial charge in [-0.3, -0.25) is 0 Å². The van der Waals surface area contributed by atoms with E-state index < -0.39 is 0 Å². The Hall–Kier alpha value is -0.801. The van der Waals surface area contributed by atoms with Gasteiger partial charge in [-0.1, -0.05) is 0 Å². The second kappa shape index (κ2) is 3.07. The normalized spacial score (nSPS) is 9.64. The molecule has 0 atom stereocenters. The first-order chi connectivity index (χ1) is 5.15. The summed E-state index contributed by atoms with van der Waals surface area (Å²) in [7, 11) is 1.54. The molecule has 5 heteroatoms. The van der Waals surface area contributed by atoms with Crippen LogP contribution in [-0.2, 0) is 0 Å². The second-order valence-corrected chi connectivity index (χ2v) is 2.86. The van der Waals surface area contributed by atoms with E-state index in [1.807, 2.05) is 6.92 Å². The molecule has 0 aliphatic rings. The van der Waals surface area contributed by atoms with Gasteiger partial charge in [-0.2, -0.15) is 0 Å². The van der Waals surface area contributed by atoms with Crippen molar-refractivity contribution in [1.82, 2.24) is 9.97 Å². The number of nitrogen functional groups attached to an aromatic ring is 1. The number of methoxy groups -OCH3 is 1. The summed E-state index contributed by atoms with van der Waals surface area (Å²) in [6.07, 6.45) is 0. The molecule has 2 N–H and O–H groups in total. The molecule has 0 saturated heterocycles. The number of aryl methyl sites for hydroxylation is 1. The van der Waals surface area contributed by atoms with Crippen LogP contribution in [0.3, 0.4) is 0 Å². The monoisotopic (exact) mass is 218 g/mol. The van der Waals surface area contributed by atoms with Crippen LogP contribution in [0.25, 0.3) is 0 Å². The average Bonchev–Trinajstić information content (AvgIpc) is 1.96. The van der Waals surface area contributed by atoms with Gasteiger partial charge in [-0.05, 0) is 0 Å². The number of anilines is 1. The fourth-order valence-corrected chi connectivity index (χ4v) is 1.06. The van der Waals surface area contributed by atoms with Crippen molar-refractivity contribution < 1.29 is 4.74 Å². The van der Waals surface area contributed by atoms with Gasteiger partial charge in [0.15, 0.2) is 0 Å². The first-order valence-electron chi connectivity index (χ1n) is 3.00. The van der Waals surface area contributed by atoms with E-state index in [0.29, 0.717) is 5.88 Å². The van der Waals surface area contributed by atoms with Crippen LogP contribution >= 0.6 is 0 Å². The number of nitrogens with zero attached hydrogens (tertiary/aromatic N) is 2. The minimum atomic E-state index is 0.235. The summed E-state index contributed by atoms with van der Waals surface area (Å²) in [6.45, 7) is 1.84. The molecule has 0 bridgehead atoms. The number of ether oxygens (including phenoxy) is 1. The zero-order chi connectivity index (χ0) is 8.43. The number of hydrogen-bond donors (Lipinski definition) is 1. The molecule has 0 spiro atoms. The molecule has 0 aliphatic heterocycles. The van der Waals surface area contributed by atoms with E-state index in [0.717, 1.165) is 10.2 Å². The Bertz CT molecular complexity index is 277. The van der Waals surface area contributed by atoms with Crippen LogP contribution in [0.2, 0.25) is 0 Å². The fourth-order valence-electron chi connectivity index (χ4n) is 0.696. The molecule has 1 rings (SSSR count). The van der Waals surface area contributed by atoms with Crippen molar-refractivity contribution in [2.75, 3.05) is 12.8 Å². The summed E-state index contributed by atoms with van der Waals surface area (Å²) in [6, 6.07) is 0. The van der Waals surface area contributed by atoms with E-state index in [4.69, 9.17) is 10.5 Å². The molecule has 0 unspecified atom stereocenters. The average molecular weight is 217 g/mol. The number of nitrogens with two attached hydrogens (primary N) is 1. The molecule has 1 radical (unpaired) electrons. The molecule has 11 heavy (non-hydrogen) atoms. The van der Waals surface area contributed by atoms with Gasteiger partial charge in [0.2, 0.25) is 0 Å². The first kappa shape index (κ1) is 8.30. The quantitative estimate of drug-likeness (QED) is 0.623. The summed E-state index contributed by atoms with van der Waals surface area (Å²) in [5.41, 5.74) is 6.19. The summed E-state index contributed by atoms with van der Waals surface area (Å²) < 4.78 is 5.75. The Labute approximate surface area is 73.0 Å². The van der Waals surface area contributed by atoms with Gasteiger partial charge in [-0.15, -0.1) is 0 Å². The summed E-state index contributed by atoms with van der Waals surface area (Å²) >= 11 is 2.81. The van der Waals surface area contributed by atoms with Crippen molar-refractivity contribution in [2.24, 2.45) is 0 Å². The molecule has 0 amide bonds. The molecular formula is C6H8N3OSe. The number of aromatic nitrogens is 2. The zero-order valence-electron chi connectivity index (χ0n) is 6.29. The van der Waals surface area contributed by atoms with Crippen LogP contribution in [0, 0.1) is 6.92 Å². The Morgan fingerprint density at radius 3 is 2.64 bits per heavy atom. The minimum absolute atomic E-state index is 0.235. The van der Waals surface area contributed by atoms with Gasteiger partial charge < -0.3 is 0 Å². The van der Waals surface area contributed by atoms with E-state index in [1.165, 1.54) is 0 Å². The van der Waals surface area contributed by atoms with Crippen molar-refractivity contribution in [3.63, 3.8) is 0 Å². The van der Waals surface area contributed by atoms with Gasteiger partial charge >= 0.3 is 72.5 Å². The molecular weight excluding hydrogens is 209 g/mol. The van der Waals surface area contributed by atoms with Crippen molar-refractivity contribution in [3.8, 4) is 5.88 Å². The van der Waals surface area contributed by atoms with Gasteiger partial charge in [0.05, 0.1) is 0 Å². The SMILES string of the molecule is COc1nc(N)nc(C)c1[Se]. The van der Waals surface area contributed by atoms with Crippen molar-refractivity contribution in [2.45, 2.75) is 6.92 Å². The third-order valence-electron chi connectivity index (χ3n) is 1.21. The van der Waals surface area contributed by atoms with Crippen molar-refractivity contribution in [3.05, 3.63) is 5.69 Å². The van der Waals surface area contributed by atoms with Gasteiger partial charge in [0.1, 0.15) is 0 Å². The molecule has 1 aromatic rings. The first-order valence-corrected chi connectivity index (χ1v) is 3.86. The van der Waals surface area contributed by atoms with E-state index in [9.17, 15) is 0 Å². The number of hydrogen-bond acceptors (Lipinski definition) is 4. The fraction of sp³-hybridized carbons (Fsp3) is 0.333. The van der Waals surface area contributed by atoms with Gasteiger partial charge in [-0.25, -0.2) is 0 Å². The molecule has 0 aromatic carbocycles. The molecule has 0 saturated carbocycles. The molecule has 0 aliphatic carbocycles. The van der Waals surface area contributed by atoms with Gasteiger partial charge in [0, 0.05) is 0 Å². The topological polar surface area (TPSA) is 61.0 Å². The predicted molar refractivity (Wildman–Crippen MR) is 43.1 cm³/mol. The maximum absolute atomic E-state index is 5.39. The third-order valence-corrected chi connectivity index (χ3v) is 2.20. The van der Waals surface area contributed by atoms with Crippen LogP contribution in [0.1, 0.15) is 5.69 Å². The van der Waals surface area contributed by atoms with E-state index in [2.05, 4.69) is 26.0 Å². The number of rotatable bonds is 1. The Morgan fingerprint density at radius 1 is 1.45 bits per heavy atom. The van der Waals surface area contributed by atoms with Crippen LogP contribution in [0.5, 0.6) is 5.88 Å². The predicted octanol–water partition coefficient (Wildman–Crippen LogP) is -0.830. The van der Waals surface area contributed by atoms with Crippen LogP contribution < -0.4 is 14.9 Å². The molecule has 1 aromatic heterocycles. The Morgan fingerprint density at radius 2 is 2.09 bits per heavy atom. The summed E-state index contributed by atoms with van der Waals surface area (Å²) in [5.74, 6) is 0.730. The van der Waals surface area contributed by atoms with E-state index in [-0.39, 0.29) is 5.95 Å². The Balaban J connectivity index is 3.24. The molecule has 1 heterocycles. The van der Waals surface area contributed by atoms with Crippen LogP contribution in [-0.4, -0.2) is 33.1 Å². The molecule has 0 fully saturated rings. The van der Waals surface area contributed by atoms with Gasteiger partial charge in [0.25, 0.3) is 0 Å². The summed E-state index contributed by atoms with van der Waals surface area (Å²) in [5, 5.41) is 0. The molecule has 4 nitrogen and oxygen atoms in total. The molecule has 59 valence electrons. The zero-order valence-corrected chi connectivity index (χ0v) is 8.00. The maximum atomic E-state index is 5.39. The van der Waals surface area contributed by atoms with E-state index in [1.54, 1.807) is 7.11 Å². The standard InChI is InChI=1S/C6H8N3OSe/c1-3-4(11)5(10-2)9-6(7)8-3/h1-2H3,(H2,7,8,9). The van der Waals surface area contributed by atoms with Crippen LogP contribution in [0.15, 0.2) is 0 Å². The van der Waals surface area contributed by atoms with E-state index >= 15 is 0 Å². The third kappa shape index (κ3) is 1.61. The van der Waals surface area contributed by atoms with Crippen molar-refractivity contribution >= 4 is 26.4 Å². The Kier molecular flexibility index (Phi) is 2.31. The van der Waals surface area contributed by atoms with Crippen molar-refractivity contribution in [1.29, 1.82) is 0 Å². The van der Waals surface area contributed by atoms with Crippen LogP contribution in [0.4, 0.5) is 5.95 Å². The second-order valence-electron chi connectivity index (χ2n) is 2.01.